The Morgan fingerprint density at radius 3 is 2.43 bits per heavy atom. The van der Waals surface area contributed by atoms with Crippen molar-refractivity contribution in [3.63, 3.8) is 0 Å². The van der Waals surface area contributed by atoms with Crippen LogP contribution in [0.2, 0.25) is 0 Å². The number of carbonyl (C=O) groups excluding carboxylic acids is 2. The van der Waals surface area contributed by atoms with Gasteiger partial charge in [-0.05, 0) is 36.2 Å². The van der Waals surface area contributed by atoms with E-state index in [1.165, 1.54) is 0 Å². The van der Waals surface area contributed by atoms with E-state index in [9.17, 15) is 18.4 Å². The Kier molecular flexibility index (Phi) is 6.54. The van der Waals surface area contributed by atoms with Crippen molar-refractivity contribution < 1.29 is 23.1 Å². The van der Waals surface area contributed by atoms with E-state index < -0.39 is 23.4 Å². The van der Waals surface area contributed by atoms with Crippen LogP contribution in [0.4, 0.5) is 20.2 Å². The average molecular weight is 389 g/mol. The van der Waals surface area contributed by atoms with Gasteiger partial charge in [-0.25, -0.2) is 8.78 Å². The molecule has 148 valence electrons. The lowest BCUT2D eigenvalue weighted by atomic mass is 10.1. The Morgan fingerprint density at radius 2 is 1.71 bits per heavy atom. The maximum absolute atomic E-state index is 13.5. The van der Waals surface area contributed by atoms with Crippen LogP contribution in [0.3, 0.4) is 0 Å². The third-order valence-corrected chi connectivity index (χ3v) is 4.39. The molecule has 0 bridgehead atoms. The maximum Gasteiger partial charge on any atom is 0.313 e. The molecule has 0 aromatic heterocycles. The van der Waals surface area contributed by atoms with Crippen molar-refractivity contribution in [2.75, 3.05) is 43.1 Å². The van der Waals surface area contributed by atoms with Gasteiger partial charge in [0.15, 0.2) is 0 Å². The highest BCUT2D eigenvalue weighted by Crippen LogP contribution is 2.17. The topological polar surface area (TPSA) is 70.7 Å². The molecular formula is C20H21F2N3O3. The monoisotopic (exact) mass is 389 g/mol. The summed E-state index contributed by atoms with van der Waals surface area (Å²) in [5.74, 6) is -3.48. The fraction of sp³-hybridized carbons (Fsp3) is 0.300. The largest absolute Gasteiger partial charge is 0.378 e. The number of carbonyl (C=O) groups is 2. The fourth-order valence-electron chi connectivity index (χ4n) is 2.87. The van der Waals surface area contributed by atoms with Gasteiger partial charge in [0.25, 0.3) is 0 Å². The van der Waals surface area contributed by atoms with Crippen molar-refractivity contribution in [1.82, 2.24) is 5.32 Å². The molecule has 0 unspecified atom stereocenters. The van der Waals surface area contributed by atoms with Crippen molar-refractivity contribution in [3.8, 4) is 0 Å². The molecule has 1 heterocycles. The fourth-order valence-corrected chi connectivity index (χ4v) is 2.87. The number of nitrogens with one attached hydrogen (secondary N) is 2. The van der Waals surface area contributed by atoms with E-state index in [0.717, 1.165) is 55.8 Å². The standard InChI is InChI=1S/C20H21F2N3O3/c21-15-3-6-17(22)18(13-15)24-20(27)19(26)23-8-7-14-1-4-16(5-2-14)25-9-11-28-12-10-25/h1-6,13H,7-12H2,(H,23,26)(H,24,27). The Morgan fingerprint density at radius 1 is 1.00 bits per heavy atom. The lowest BCUT2D eigenvalue weighted by Crippen LogP contribution is -2.36. The molecule has 1 saturated heterocycles. The molecule has 2 aromatic rings. The van der Waals surface area contributed by atoms with Crippen LogP contribution in [0, 0.1) is 11.6 Å². The first kappa shape index (κ1) is 19.8. The lowest BCUT2D eigenvalue weighted by Gasteiger charge is -2.28. The van der Waals surface area contributed by atoms with Crippen molar-refractivity contribution in [3.05, 3.63) is 59.7 Å². The minimum atomic E-state index is -1.05. The van der Waals surface area contributed by atoms with Gasteiger partial charge < -0.3 is 20.3 Å². The summed E-state index contributed by atoms with van der Waals surface area (Å²) in [4.78, 5) is 25.9. The van der Waals surface area contributed by atoms with E-state index in [4.69, 9.17) is 4.74 Å². The van der Waals surface area contributed by atoms with Gasteiger partial charge in [0, 0.05) is 31.4 Å². The molecule has 0 aliphatic carbocycles. The number of nitrogens with zero attached hydrogens (tertiary/aromatic N) is 1. The number of hydrogen-bond acceptors (Lipinski definition) is 4. The smallest absolute Gasteiger partial charge is 0.313 e. The molecule has 2 amide bonds. The first-order valence-electron chi connectivity index (χ1n) is 8.99. The van der Waals surface area contributed by atoms with Gasteiger partial charge in [-0.2, -0.15) is 0 Å². The molecule has 1 fully saturated rings. The van der Waals surface area contributed by atoms with Crippen LogP contribution in [0.25, 0.3) is 0 Å². The van der Waals surface area contributed by atoms with Crippen LogP contribution in [0.5, 0.6) is 0 Å². The summed E-state index contributed by atoms with van der Waals surface area (Å²) in [7, 11) is 0. The van der Waals surface area contributed by atoms with Gasteiger partial charge in [-0.3, -0.25) is 9.59 Å². The quantitative estimate of drug-likeness (QED) is 0.769. The third kappa shape index (κ3) is 5.26. The van der Waals surface area contributed by atoms with Crippen LogP contribution in [-0.2, 0) is 20.7 Å². The van der Waals surface area contributed by atoms with Crippen LogP contribution in [0.1, 0.15) is 5.56 Å². The van der Waals surface area contributed by atoms with E-state index in [1.54, 1.807) is 0 Å². The highest BCUT2D eigenvalue weighted by molar-refractivity contribution is 6.39. The van der Waals surface area contributed by atoms with Gasteiger partial charge in [-0.1, -0.05) is 12.1 Å². The van der Waals surface area contributed by atoms with E-state index >= 15 is 0 Å². The predicted molar refractivity (Wildman–Crippen MR) is 101 cm³/mol. The highest BCUT2D eigenvalue weighted by atomic mass is 19.1. The van der Waals surface area contributed by atoms with E-state index in [-0.39, 0.29) is 12.2 Å². The third-order valence-electron chi connectivity index (χ3n) is 4.39. The summed E-state index contributed by atoms with van der Waals surface area (Å²) >= 11 is 0. The lowest BCUT2D eigenvalue weighted by molar-refractivity contribution is -0.136. The summed E-state index contributed by atoms with van der Waals surface area (Å²) in [6.07, 6.45) is 0.538. The molecule has 1 aliphatic rings. The average Bonchev–Trinajstić information content (AvgIpc) is 2.72. The molecule has 2 N–H and O–H groups in total. The van der Waals surface area contributed by atoms with Crippen molar-refractivity contribution in [1.29, 1.82) is 0 Å². The molecular weight excluding hydrogens is 368 g/mol. The normalized spacial score (nSPS) is 13.9. The minimum absolute atomic E-state index is 0.245. The zero-order valence-electron chi connectivity index (χ0n) is 15.2. The molecule has 8 heteroatoms. The SMILES string of the molecule is O=C(NCCc1ccc(N2CCOCC2)cc1)C(=O)Nc1cc(F)ccc1F. The minimum Gasteiger partial charge on any atom is -0.378 e. The number of hydrogen-bond donors (Lipinski definition) is 2. The summed E-state index contributed by atoms with van der Waals surface area (Å²) in [5.41, 5.74) is 1.75. The highest BCUT2D eigenvalue weighted by Gasteiger charge is 2.16. The Labute approximate surface area is 161 Å². The first-order chi connectivity index (χ1) is 13.5. The molecule has 0 radical (unpaired) electrons. The Bertz CT molecular complexity index is 837. The van der Waals surface area contributed by atoms with Crippen molar-refractivity contribution >= 4 is 23.2 Å². The molecule has 28 heavy (non-hydrogen) atoms. The Balaban J connectivity index is 1.45. The van der Waals surface area contributed by atoms with Crippen LogP contribution in [-0.4, -0.2) is 44.7 Å². The zero-order valence-corrected chi connectivity index (χ0v) is 15.2. The molecule has 1 aliphatic heterocycles. The van der Waals surface area contributed by atoms with Crippen LogP contribution in [0.15, 0.2) is 42.5 Å². The number of anilines is 2. The summed E-state index contributed by atoms with van der Waals surface area (Å²) < 4.78 is 32.0. The number of amides is 2. The van der Waals surface area contributed by atoms with Gasteiger partial charge >= 0.3 is 11.8 Å². The number of halogens is 2. The summed E-state index contributed by atoms with van der Waals surface area (Å²) in [5, 5.41) is 4.53. The molecule has 0 spiro atoms. The summed E-state index contributed by atoms with van der Waals surface area (Å²) in [6, 6.07) is 10.6. The Hall–Kier alpha value is -3.00. The van der Waals surface area contributed by atoms with Crippen LogP contribution < -0.4 is 15.5 Å². The second-order valence-corrected chi connectivity index (χ2v) is 6.35. The molecule has 2 aromatic carbocycles. The number of ether oxygens (including phenoxy) is 1. The van der Waals surface area contributed by atoms with E-state index in [2.05, 4.69) is 15.5 Å². The van der Waals surface area contributed by atoms with Gasteiger partial charge in [-0.15, -0.1) is 0 Å². The van der Waals surface area contributed by atoms with Crippen molar-refractivity contribution in [2.45, 2.75) is 6.42 Å². The van der Waals surface area contributed by atoms with Gasteiger partial charge in [0.1, 0.15) is 11.6 Å². The van der Waals surface area contributed by atoms with E-state index in [0.29, 0.717) is 6.42 Å². The zero-order chi connectivity index (χ0) is 19.9. The number of morpholine rings is 1. The molecule has 6 nitrogen and oxygen atoms in total. The molecule has 0 saturated carbocycles. The van der Waals surface area contributed by atoms with Crippen molar-refractivity contribution in [2.24, 2.45) is 0 Å². The predicted octanol–water partition coefficient (Wildman–Crippen LogP) is 2.10. The van der Waals surface area contributed by atoms with E-state index in [1.807, 2.05) is 24.3 Å². The van der Waals surface area contributed by atoms with Gasteiger partial charge in [0.05, 0.1) is 18.9 Å². The molecule has 0 atom stereocenters. The second kappa shape index (κ2) is 9.27. The second-order valence-electron chi connectivity index (χ2n) is 6.35. The van der Waals surface area contributed by atoms with Gasteiger partial charge in [0.2, 0.25) is 0 Å². The van der Waals surface area contributed by atoms with Crippen LogP contribution >= 0.6 is 0 Å². The molecule has 3 rings (SSSR count). The number of rotatable bonds is 5. The summed E-state index contributed by atoms with van der Waals surface area (Å²) in [6.45, 7) is 3.40. The maximum atomic E-state index is 13.5. The first-order valence-corrected chi connectivity index (χ1v) is 8.99. The number of benzene rings is 2.